The average Bonchev–Trinajstić information content (AvgIpc) is 2.36. The van der Waals surface area contributed by atoms with Gasteiger partial charge in [-0.2, -0.15) is 0 Å². The first kappa shape index (κ1) is 12.8. The van der Waals surface area contributed by atoms with Gasteiger partial charge in [0.1, 0.15) is 11.3 Å². The van der Waals surface area contributed by atoms with Crippen molar-refractivity contribution >= 4 is 10.9 Å². The van der Waals surface area contributed by atoms with Crippen LogP contribution in [0.2, 0.25) is 0 Å². The zero-order valence-electron chi connectivity index (χ0n) is 11.0. The van der Waals surface area contributed by atoms with Gasteiger partial charge in [-0.3, -0.25) is 0 Å². The Morgan fingerprint density at radius 1 is 1.22 bits per heavy atom. The Kier molecular flexibility index (Phi) is 4.15. The number of aryl methyl sites for hydroxylation is 1. The van der Waals surface area contributed by atoms with E-state index in [2.05, 4.69) is 23.2 Å². The third-order valence-corrected chi connectivity index (χ3v) is 2.74. The highest BCUT2D eigenvalue weighted by Crippen LogP contribution is 2.25. The Bertz CT molecular complexity index is 523. The molecule has 0 amide bonds. The van der Waals surface area contributed by atoms with Crippen LogP contribution in [0.5, 0.6) is 5.75 Å². The van der Waals surface area contributed by atoms with Crippen molar-refractivity contribution in [3.05, 3.63) is 36.0 Å². The Hall–Kier alpha value is -1.61. The number of rotatable bonds is 5. The fourth-order valence-electron chi connectivity index (χ4n) is 1.93. The summed E-state index contributed by atoms with van der Waals surface area (Å²) < 4.78 is 5.80. The van der Waals surface area contributed by atoms with Crippen molar-refractivity contribution in [3.63, 3.8) is 0 Å². The van der Waals surface area contributed by atoms with Gasteiger partial charge in [0.25, 0.3) is 0 Å². The van der Waals surface area contributed by atoms with Gasteiger partial charge >= 0.3 is 0 Å². The number of para-hydroxylation sites is 1. The Morgan fingerprint density at radius 3 is 2.78 bits per heavy atom. The maximum Gasteiger partial charge on any atom is 0.145 e. The van der Waals surface area contributed by atoms with Crippen molar-refractivity contribution in [2.45, 2.75) is 32.8 Å². The van der Waals surface area contributed by atoms with E-state index in [0.29, 0.717) is 6.54 Å². The van der Waals surface area contributed by atoms with Crippen molar-refractivity contribution in [1.29, 1.82) is 0 Å². The third kappa shape index (κ3) is 2.99. The summed E-state index contributed by atoms with van der Waals surface area (Å²) in [4.78, 5) is 4.69. The van der Waals surface area contributed by atoms with E-state index in [9.17, 15) is 0 Å². The molecule has 0 saturated heterocycles. The van der Waals surface area contributed by atoms with Gasteiger partial charge in [0.05, 0.1) is 6.10 Å². The lowest BCUT2D eigenvalue weighted by Crippen LogP contribution is -2.06. The first-order valence-corrected chi connectivity index (χ1v) is 6.46. The molecule has 0 aliphatic carbocycles. The van der Waals surface area contributed by atoms with Crippen molar-refractivity contribution in [1.82, 2.24) is 4.98 Å². The van der Waals surface area contributed by atoms with Gasteiger partial charge < -0.3 is 10.5 Å². The molecule has 3 nitrogen and oxygen atoms in total. The van der Waals surface area contributed by atoms with Gasteiger partial charge in [0.15, 0.2) is 0 Å². The summed E-state index contributed by atoms with van der Waals surface area (Å²) in [6, 6.07) is 10.2. The van der Waals surface area contributed by atoms with E-state index in [1.54, 1.807) is 0 Å². The molecule has 0 saturated carbocycles. The van der Waals surface area contributed by atoms with E-state index in [0.717, 1.165) is 35.2 Å². The van der Waals surface area contributed by atoms with E-state index in [-0.39, 0.29) is 6.10 Å². The lowest BCUT2D eigenvalue weighted by Gasteiger charge is -2.12. The number of fused-ring (bicyclic) bond motifs is 1. The monoisotopic (exact) mass is 244 g/mol. The zero-order chi connectivity index (χ0) is 13.0. The molecule has 0 atom stereocenters. The molecule has 1 heterocycles. The number of hydrogen-bond acceptors (Lipinski definition) is 3. The average molecular weight is 244 g/mol. The summed E-state index contributed by atoms with van der Waals surface area (Å²) in [7, 11) is 0. The lowest BCUT2D eigenvalue weighted by atomic mass is 10.1. The second kappa shape index (κ2) is 5.83. The Morgan fingerprint density at radius 2 is 2.06 bits per heavy atom. The predicted octanol–water partition coefficient (Wildman–Crippen LogP) is 2.91. The van der Waals surface area contributed by atoms with Crippen LogP contribution in [-0.2, 0) is 6.42 Å². The molecular formula is C15H20N2O. The minimum atomic E-state index is 0.157. The normalized spacial score (nSPS) is 11.1. The molecule has 18 heavy (non-hydrogen) atoms. The maximum absolute atomic E-state index is 5.80. The van der Waals surface area contributed by atoms with Gasteiger partial charge in [0, 0.05) is 11.1 Å². The topological polar surface area (TPSA) is 48.1 Å². The molecule has 3 heteroatoms. The summed E-state index contributed by atoms with van der Waals surface area (Å²) >= 11 is 0. The number of nitrogens with zero attached hydrogens (tertiary/aromatic N) is 1. The Balaban J connectivity index is 2.38. The zero-order valence-corrected chi connectivity index (χ0v) is 11.0. The van der Waals surface area contributed by atoms with Crippen molar-refractivity contribution in [2.24, 2.45) is 5.73 Å². The molecule has 2 aromatic rings. The highest BCUT2D eigenvalue weighted by Gasteiger charge is 2.06. The van der Waals surface area contributed by atoms with Crippen LogP contribution in [0.1, 0.15) is 26.0 Å². The number of hydrogen-bond donors (Lipinski definition) is 1. The molecule has 1 aromatic heterocycles. The molecular weight excluding hydrogens is 224 g/mol. The van der Waals surface area contributed by atoms with Gasteiger partial charge in [-0.1, -0.05) is 18.2 Å². The van der Waals surface area contributed by atoms with Crippen LogP contribution in [0.3, 0.4) is 0 Å². The molecule has 1 aromatic carbocycles. The molecule has 0 fully saturated rings. The van der Waals surface area contributed by atoms with Crippen LogP contribution in [-0.4, -0.2) is 17.6 Å². The summed E-state index contributed by atoms with van der Waals surface area (Å²) in [5, 5.41) is 1.12. The van der Waals surface area contributed by atoms with Gasteiger partial charge in [0.2, 0.25) is 0 Å². The first-order valence-electron chi connectivity index (χ1n) is 6.46. The second-order valence-electron chi connectivity index (χ2n) is 4.69. The molecule has 2 N–H and O–H groups in total. The van der Waals surface area contributed by atoms with Gasteiger partial charge in [-0.25, -0.2) is 4.98 Å². The molecule has 0 aliphatic rings. The van der Waals surface area contributed by atoms with Crippen LogP contribution in [0.25, 0.3) is 10.9 Å². The minimum Gasteiger partial charge on any atom is -0.489 e. The van der Waals surface area contributed by atoms with Crippen LogP contribution >= 0.6 is 0 Å². The number of aromatic nitrogens is 1. The number of nitrogens with two attached hydrogens (primary N) is 1. The Labute approximate surface area is 108 Å². The maximum atomic E-state index is 5.80. The lowest BCUT2D eigenvalue weighted by molar-refractivity contribution is 0.245. The van der Waals surface area contributed by atoms with Gasteiger partial charge in [-0.15, -0.1) is 0 Å². The van der Waals surface area contributed by atoms with Crippen LogP contribution in [0.4, 0.5) is 0 Å². The fraction of sp³-hybridized carbons (Fsp3) is 0.400. The SMILES string of the molecule is CC(C)Oc1cccc2ccc(CCCN)nc12. The quantitative estimate of drug-likeness (QED) is 0.879. The molecule has 2 rings (SSSR count). The van der Waals surface area contributed by atoms with Crippen LogP contribution in [0, 0.1) is 0 Å². The highest BCUT2D eigenvalue weighted by atomic mass is 16.5. The van der Waals surface area contributed by atoms with E-state index in [4.69, 9.17) is 10.5 Å². The summed E-state index contributed by atoms with van der Waals surface area (Å²) in [6.07, 6.45) is 2.04. The van der Waals surface area contributed by atoms with Gasteiger partial charge in [-0.05, 0) is 45.4 Å². The molecule has 0 aliphatic heterocycles. The molecule has 96 valence electrons. The standard InChI is InChI=1S/C15H20N2O/c1-11(2)18-14-7-3-5-12-8-9-13(6-4-10-16)17-15(12)14/h3,5,7-9,11H,4,6,10,16H2,1-2H3. The molecule has 0 radical (unpaired) electrons. The summed E-state index contributed by atoms with van der Waals surface area (Å²) in [5.74, 6) is 0.858. The summed E-state index contributed by atoms with van der Waals surface area (Å²) in [5.41, 5.74) is 7.55. The highest BCUT2D eigenvalue weighted by molar-refractivity contribution is 5.84. The second-order valence-corrected chi connectivity index (χ2v) is 4.69. The summed E-state index contributed by atoms with van der Waals surface area (Å²) in [6.45, 7) is 4.75. The van der Waals surface area contributed by atoms with Crippen molar-refractivity contribution in [3.8, 4) is 5.75 Å². The van der Waals surface area contributed by atoms with E-state index >= 15 is 0 Å². The third-order valence-electron chi connectivity index (χ3n) is 2.74. The number of pyridine rings is 1. The smallest absolute Gasteiger partial charge is 0.145 e. The van der Waals surface area contributed by atoms with Crippen LogP contribution < -0.4 is 10.5 Å². The van der Waals surface area contributed by atoms with Crippen LogP contribution in [0.15, 0.2) is 30.3 Å². The number of ether oxygens (including phenoxy) is 1. The molecule has 0 bridgehead atoms. The minimum absolute atomic E-state index is 0.157. The largest absolute Gasteiger partial charge is 0.489 e. The fourth-order valence-corrected chi connectivity index (χ4v) is 1.93. The van der Waals surface area contributed by atoms with Crippen molar-refractivity contribution in [2.75, 3.05) is 6.54 Å². The first-order chi connectivity index (χ1) is 8.70. The van der Waals surface area contributed by atoms with Crippen molar-refractivity contribution < 1.29 is 4.74 Å². The molecule has 0 spiro atoms. The van der Waals surface area contributed by atoms with E-state index in [1.807, 2.05) is 26.0 Å². The van der Waals surface area contributed by atoms with E-state index in [1.165, 1.54) is 0 Å². The predicted molar refractivity (Wildman–Crippen MR) is 74.9 cm³/mol. The van der Waals surface area contributed by atoms with E-state index < -0.39 is 0 Å². The molecule has 0 unspecified atom stereocenters. The number of benzene rings is 1.